The number of nitrogens with two attached hydrogens (primary N) is 1. The van der Waals surface area contributed by atoms with Crippen molar-refractivity contribution in [3.8, 4) is 0 Å². The number of amides is 1. The lowest BCUT2D eigenvalue weighted by molar-refractivity contribution is -0.125. The number of rotatable bonds is 5. The second kappa shape index (κ2) is 7.14. The fourth-order valence-corrected chi connectivity index (χ4v) is 1.55. The molecule has 0 saturated carbocycles. The average Bonchev–Trinajstić information content (AvgIpc) is 2.38. The maximum Gasteiger partial charge on any atom is 0.340 e. The minimum Gasteiger partial charge on any atom is -0.452 e. The molecule has 20 heavy (non-hydrogen) atoms. The second-order valence-corrected chi connectivity index (χ2v) is 5.34. The number of nitrogen functional groups attached to an aromatic ring is 1. The molecule has 6 heteroatoms. The number of esters is 1. The minimum atomic E-state index is -0.669. The summed E-state index contributed by atoms with van der Waals surface area (Å²) < 4.78 is 4.92. The molecule has 0 radical (unpaired) electrons. The normalized spacial score (nSPS) is 12.1. The molecule has 0 aliphatic rings. The summed E-state index contributed by atoms with van der Waals surface area (Å²) in [5, 5.41) is 3.12. The number of hydrogen-bond donors (Lipinski definition) is 2. The van der Waals surface area contributed by atoms with Gasteiger partial charge >= 0.3 is 5.97 Å². The first-order chi connectivity index (χ1) is 9.31. The highest BCUT2D eigenvalue weighted by molar-refractivity contribution is 6.31. The summed E-state index contributed by atoms with van der Waals surface area (Å²) in [4.78, 5) is 23.4. The molecule has 0 bridgehead atoms. The molecule has 5 nitrogen and oxygen atoms in total. The van der Waals surface area contributed by atoms with Crippen LogP contribution in [0.3, 0.4) is 0 Å². The van der Waals surface area contributed by atoms with E-state index in [2.05, 4.69) is 5.32 Å². The molecule has 1 aromatic carbocycles. The van der Waals surface area contributed by atoms with Crippen molar-refractivity contribution in [1.82, 2.24) is 5.32 Å². The highest BCUT2D eigenvalue weighted by Crippen LogP contribution is 2.18. The minimum absolute atomic E-state index is 0.0115. The quantitative estimate of drug-likeness (QED) is 0.645. The van der Waals surface area contributed by atoms with Crippen LogP contribution < -0.4 is 11.1 Å². The van der Waals surface area contributed by atoms with Crippen LogP contribution in [0.4, 0.5) is 5.69 Å². The summed E-state index contributed by atoms with van der Waals surface area (Å²) in [6, 6.07) is 4.51. The van der Waals surface area contributed by atoms with Gasteiger partial charge in [-0.05, 0) is 31.0 Å². The number of benzene rings is 1. The van der Waals surface area contributed by atoms with Gasteiger partial charge in [-0.2, -0.15) is 0 Å². The molecule has 110 valence electrons. The third-order valence-corrected chi connectivity index (χ3v) is 3.19. The van der Waals surface area contributed by atoms with Gasteiger partial charge in [0.15, 0.2) is 6.61 Å². The third kappa shape index (κ3) is 4.74. The summed E-state index contributed by atoms with van der Waals surface area (Å²) >= 11 is 5.78. The molecule has 0 saturated heterocycles. The van der Waals surface area contributed by atoms with Gasteiger partial charge in [-0.15, -0.1) is 0 Å². The predicted molar refractivity (Wildman–Crippen MR) is 78.6 cm³/mol. The Balaban J connectivity index is 2.55. The van der Waals surface area contributed by atoms with E-state index in [4.69, 9.17) is 22.1 Å². The molecule has 1 atom stereocenters. The number of carbonyl (C=O) groups excluding carboxylic acids is 2. The highest BCUT2D eigenvalue weighted by atomic mass is 35.5. The van der Waals surface area contributed by atoms with Crippen LogP contribution in [0.5, 0.6) is 0 Å². The molecule has 0 aromatic heterocycles. The molecule has 0 spiro atoms. The van der Waals surface area contributed by atoms with Gasteiger partial charge < -0.3 is 15.8 Å². The molecule has 1 aromatic rings. The van der Waals surface area contributed by atoms with E-state index in [1.807, 2.05) is 20.8 Å². The van der Waals surface area contributed by atoms with E-state index in [1.165, 1.54) is 12.1 Å². The molecule has 1 amide bonds. The van der Waals surface area contributed by atoms with Crippen molar-refractivity contribution in [3.63, 3.8) is 0 Å². The van der Waals surface area contributed by atoms with E-state index in [0.29, 0.717) is 10.9 Å². The van der Waals surface area contributed by atoms with Crippen molar-refractivity contribution in [1.29, 1.82) is 0 Å². The summed E-state index contributed by atoms with van der Waals surface area (Å²) in [5.41, 5.74) is 6.07. The van der Waals surface area contributed by atoms with Gasteiger partial charge in [0.1, 0.15) is 0 Å². The van der Waals surface area contributed by atoms with Gasteiger partial charge in [0.2, 0.25) is 0 Å². The topological polar surface area (TPSA) is 81.4 Å². The first-order valence-electron chi connectivity index (χ1n) is 6.32. The lowest BCUT2D eigenvalue weighted by Gasteiger charge is -2.17. The van der Waals surface area contributed by atoms with Crippen molar-refractivity contribution < 1.29 is 14.3 Å². The summed E-state index contributed by atoms with van der Waals surface area (Å²) in [5.74, 6) is -0.712. The molecule has 0 unspecified atom stereocenters. The van der Waals surface area contributed by atoms with Gasteiger partial charge in [-0.25, -0.2) is 4.79 Å². The molecule has 3 N–H and O–H groups in total. The Hall–Kier alpha value is -1.75. The van der Waals surface area contributed by atoms with E-state index in [1.54, 1.807) is 6.07 Å². The largest absolute Gasteiger partial charge is 0.452 e. The van der Waals surface area contributed by atoms with Crippen LogP contribution in [-0.4, -0.2) is 24.5 Å². The number of hydrogen-bond acceptors (Lipinski definition) is 4. The van der Waals surface area contributed by atoms with Gasteiger partial charge in [0, 0.05) is 16.8 Å². The first-order valence-corrected chi connectivity index (χ1v) is 6.70. The van der Waals surface area contributed by atoms with Crippen molar-refractivity contribution in [2.45, 2.75) is 26.8 Å². The molecule has 0 fully saturated rings. The highest BCUT2D eigenvalue weighted by Gasteiger charge is 2.15. The Morgan fingerprint density at radius 2 is 2.00 bits per heavy atom. The monoisotopic (exact) mass is 298 g/mol. The van der Waals surface area contributed by atoms with E-state index < -0.39 is 5.97 Å². The standard InChI is InChI=1S/C14H19ClN2O3/c1-8(2)9(3)17-13(18)7-20-14(19)11-6-10(15)4-5-12(11)16/h4-6,8-9H,7,16H2,1-3H3,(H,17,18)/t9-/m0/s1. The van der Waals surface area contributed by atoms with Gasteiger partial charge in [0.25, 0.3) is 5.91 Å². The maximum absolute atomic E-state index is 11.8. The number of nitrogens with one attached hydrogen (secondary N) is 1. The Morgan fingerprint density at radius 3 is 2.60 bits per heavy atom. The molecule has 0 heterocycles. The first kappa shape index (κ1) is 16.3. The molecule has 0 aliphatic heterocycles. The Bertz CT molecular complexity index is 503. The summed E-state index contributed by atoms with van der Waals surface area (Å²) in [7, 11) is 0. The van der Waals surface area contributed by atoms with Crippen LogP contribution >= 0.6 is 11.6 Å². The second-order valence-electron chi connectivity index (χ2n) is 4.91. The molecular formula is C14H19ClN2O3. The smallest absolute Gasteiger partial charge is 0.340 e. The van der Waals surface area contributed by atoms with E-state index in [-0.39, 0.29) is 29.8 Å². The SMILES string of the molecule is CC(C)[C@H](C)NC(=O)COC(=O)c1cc(Cl)ccc1N. The van der Waals surface area contributed by atoms with Gasteiger partial charge in [-0.1, -0.05) is 25.4 Å². The van der Waals surface area contributed by atoms with Crippen LogP contribution in [-0.2, 0) is 9.53 Å². The number of carbonyl (C=O) groups is 2. The van der Waals surface area contributed by atoms with E-state index >= 15 is 0 Å². The summed E-state index contributed by atoms with van der Waals surface area (Å²) in [6.07, 6.45) is 0. The molecular weight excluding hydrogens is 280 g/mol. The zero-order valence-electron chi connectivity index (χ0n) is 11.8. The molecule has 1 rings (SSSR count). The van der Waals surface area contributed by atoms with Crippen molar-refractivity contribution in [2.75, 3.05) is 12.3 Å². The van der Waals surface area contributed by atoms with Crippen LogP contribution in [0, 0.1) is 5.92 Å². The van der Waals surface area contributed by atoms with Crippen LogP contribution in [0.15, 0.2) is 18.2 Å². The van der Waals surface area contributed by atoms with Crippen LogP contribution in [0.2, 0.25) is 5.02 Å². The maximum atomic E-state index is 11.8. The predicted octanol–water partition coefficient (Wildman–Crippen LogP) is 2.24. The number of anilines is 1. The zero-order chi connectivity index (χ0) is 15.3. The Morgan fingerprint density at radius 1 is 1.35 bits per heavy atom. The van der Waals surface area contributed by atoms with Crippen molar-refractivity contribution in [3.05, 3.63) is 28.8 Å². The lowest BCUT2D eigenvalue weighted by atomic mass is 10.1. The molecule has 0 aliphatic carbocycles. The number of ether oxygens (including phenoxy) is 1. The zero-order valence-corrected chi connectivity index (χ0v) is 12.5. The Kier molecular flexibility index (Phi) is 5.82. The van der Waals surface area contributed by atoms with Gasteiger partial charge in [-0.3, -0.25) is 4.79 Å². The fraction of sp³-hybridized carbons (Fsp3) is 0.429. The van der Waals surface area contributed by atoms with E-state index in [0.717, 1.165) is 0 Å². The van der Waals surface area contributed by atoms with Crippen molar-refractivity contribution in [2.24, 2.45) is 5.92 Å². The van der Waals surface area contributed by atoms with Crippen LogP contribution in [0.1, 0.15) is 31.1 Å². The van der Waals surface area contributed by atoms with Crippen LogP contribution in [0.25, 0.3) is 0 Å². The average molecular weight is 299 g/mol. The summed E-state index contributed by atoms with van der Waals surface area (Å²) in [6.45, 7) is 5.52. The lowest BCUT2D eigenvalue weighted by Crippen LogP contribution is -2.38. The van der Waals surface area contributed by atoms with Crippen molar-refractivity contribution >= 4 is 29.2 Å². The number of halogens is 1. The van der Waals surface area contributed by atoms with E-state index in [9.17, 15) is 9.59 Å². The third-order valence-electron chi connectivity index (χ3n) is 2.96. The van der Waals surface area contributed by atoms with Gasteiger partial charge in [0.05, 0.1) is 5.56 Å². The Labute approximate surface area is 123 Å². The fourth-order valence-electron chi connectivity index (χ4n) is 1.38.